The highest BCUT2D eigenvalue weighted by molar-refractivity contribution is 7.99. The fraction of sp³-hybridized carbons (Fsp3) is 0.370. The molecule has 0 bridgehead atoms. The van der Waals surface area contributed by atoms with Crippen LogP contribution in [-0.2, 0) is 19.7 Å². The van der Waals surface area contributed by atoms with Crippen molar-refractivity contribution in [3.05, 3.63) is 57.6 Å². The first-order valence-electron chi connectivity index (χ1n) is 12.0. The number of aromatic nitrogens is 4. The second-order valence-electron chi connectivity index (χ2n) is 10.0. The monoisotopic (exact) mass is 588 g/mol. The van der Waals surface area contributed by atoms with Crippen LogP contribution < -0.4 is 10.6 Å². The van der Waals surface area contributed by atoms with Gasteiger partial charge in [0.1, 0.15) is 12.2 Å². The number of tetrazole rings is 1. The van der Waals surface area contributed by atoms with E-state index in [1.165, 1.54) is 23.5 Å². The Morgan fingerprint density at radius 1 is 1.05 bits per heavy atom. The minimum Gasteiger partial charge on any atom is -0.357 e. The van der Waals surface area contributed by atoms with Crippen molar-refractivity contribution in [2.24, 2.45) is 0 Å². The van der Waals surface area contributed by atoms with Gasteiger partial charge in [0.2, 0.25) is 17.0 Å². The molecule has 0 atom stereocenters. The molecule has 9 nitrogen and oxygen atoms in total. The zero-order valence-corrected chi connectivity index (χ0v) is 24.9. The molecule has 0 unspecified atom stereocenters. The van der Waals surface area contributed by atoms with Gasteiger partial charge in [-0.15, -0.1) is 5.10 Å². The van der Waals surface area contributed by atoms with Crippen molar-refractivity contribution in [2.75, 3.05) is 24.7 Å². The fourth-order valence-electron chi connectivity index (χ4n) is 3.15. The van der Waals surface area contributed by atoms with E-state index in [4.69, 9.17) is 27.9 Å². The van der Waals surface area contributed by atoms with Crippen LogP contribution in [0, 0.1) is 11.8 Å². The summed E-state index contributed by atoms with van der Waals surface area (Å²) in [5.74, 6) is 5.49. The van der Waals surface area contributed by atoms with Crippen LogP contribution in [0.3, 0.4) is 0 Å². The summed E-state index contributed by atoms with van der Waals surface area (Å²) < 4.78 is 7.04. The molecular weight excluding hydrogens is 559 g/mol. The van der Waals surface area contributed by atoms with Gasteiger partial charge in [0, 0.05) is 12.6 Å². The van der Waals surface area contributed by atoms with E-state index in [0.717, 1.165) is 5.56 Å². The number of carbonyl (C=O) groups is 2. The van der Waals surface area contributed by atoms with E-state index >= 15 is 0 Å². The summed E-state index contributed by atoms with van der Waals surface area (Å²) in [6.07, 6.45) is 0. The van der Waals surface area contributed by atoms with Crippen LogP contribution in [0.25, 0.3) is 5.69 Å². The van der Waals surface area contributed by atoms with E-state index in [2.05, 4.69) is 58.8 Å². The summed E-state index contributed by atoms with van der Waals surface area (Å²) in [6.45, 7) is 9.76. The molecule has 206 valence electrons. The number of likely N-dealkylation sites (N-methyl/N-ethyl adjacent to an activating group) is 1. The summed E-state index contributed by atoms with van der Waals surface area (Å²) in [7, 11) is 1.54. The normalized spacial score (nSPS) is 11.5. The Morgan fingerprint density at radius 3 is 2.44 bits per heavy atom. The number of amides is 2. The first kappa shape index (κ1) is 30.4. The molecule has 0 radical (unpaired) electrons. The Morgan fingerprint density at radius 2 is 1.79 bits per heavy atom. The minimum absolute atomic E-state index is 0.0484. The number of ether oxygens (including phenoxy) is 1. The lowest BCUT2D eigenvalue weighted by atomic mass is 9.87. The van der Waals surface area contributed by atoms with Gasteiger partial charge >= 0.3 is 0 Å². The van der Waals surface area contributed by atoms with Gasteiger partial charge in [0.15, 0.2) is 0 Å². The topological polar surface area (TPSA) is 111 Å². The van der Waals surface area contributed by atoms with E-state index in [-0.39, 0.29) is 29.6 Å². The van der Waals surface area contributed by atoms with Gasteiger partial charge in [0.25, 0.3) is 0 Å². The highest BCUT2D eigenvalue weighted by Gasteiger charge is 2.19. The van der Waals surface area contributed by atoms with Crippen LogP contribution in [0.5, 0.6) is 0 Å². The smallest absolute Gasteiger partial charge is 0.245 e. The van der Waals surface area contributed by atoms with E-state index in [0.29, 0.717) is 32.1 Å². The molecule has 2 amide bonds. The number of hydrogen-bond donors (Lipinski definition) is 2. The van der Waals surface area contributed by atoms with E-state index in [9.17, 15) is 9.59 Å². The molecule has 3 aromatic rings. The third kappa shape index (κ3) is 8.70. The van der Waals surface area contributed by atoms with Gasteiger partial charge in [-0.05, 0) is 65.6 Å². The lowest BCUT2D eigenvalue weighted by Gasteiger charge is -2.20. The Labute approximate surface area is 242 Å². The molecule has 1 aromatic heterocycles. The number of nitrogens with one attached hydrogen (secondary N) is 2. The predicted octanol–water partition coefficient (Wildman–Crippen LogP) is 4.89. The SMILES string of the molecule is CNC(=O)COC(C)(C)C#Cc1ccc(NC(=O)CSc2nnnn2-c2ccc(C(C)(C)C)cc2Cl)c(Cl)c1. The third-order valence-electron chi connectivity index (χ3n) is 5.41. The molecule has 0 aliphatic rings. The van der Waals surface area contributed by atoms with Crippen LogP contribution in [-0.4, -0.2) is 57.0 Å². The van der Waals surface area contributed by atoms with Gasteiger partial charge in [-0.25, -0.2) is 0 Å². The number of halogens is 2. The van der Waals surface area contributed by atoms with Crippen molar-refractivity contribution in [1.82, 2.24) is 25.5 Å². The number of thioether (sulfide) groups is 1. The lowest BCUT2D eigenvalue weighted by Crippen LogP contribution is -2.30. The van der Waals surface area contributed by atoms with E-state index in [1.54, 1.807) is 32.0 Å². The number of nitrogens with zero attached hydrogens (tertiary/aromatic N) is 4. The first-order chi connectivity index (χ1) is 18.3. The number of rotatable bonds is 8. The number of carbonyl (C=O) groups excluding carboxylic acids is 2. The molecule has 0 saturated carbocycles. The molecule has 0 aliphatic carbocycles. The third-order valence-corrected chi connectivity index (χ3v) is 6.94. The predicted molar refractivity (Wildman–Crippen MR) is 155 cm³/mol. The summed E-state index contributed by atoms with van der Waals surface area (Å²) in [5.41, 5.74) is 1.91. The van der Waals surface area contributed by atoms with Gasteiger partial charge in [0.05, 0.1) is 27.2 Å². The van der Waals surface area contributed by atoms with Gasteiger partial charge in [-0.3, -0.25) is 9.59 Å². The zero-order chi connectivity index (χ0) is 28.8. The molecule has 0 fully saturated rings. The fourth-order valence-corrected chi connectivity index (χ4v) is 4.32. The maximum absolute atomic E-state index is 12.7. The summed E-state index contributed by atoms with van der Waals surface area (Å²) in [5, 5.41) is 18.4. The van der Waals surface area contributed by atoms with E-state index in [1.807, 2.05) is 18.2 Å². The first-order valence-corrected chi connectivity index (χ1v) is 13.7. The molecule has 12 heteroatoms. The second kappa shape index (κ2) is 12.8. The lowest BCUT2D eigenvalue weighted by molar-refractivity contribution is -0.128. The molecule has 0 spiro atoms. The summed E-state index contributed by atoms with van der Waals surface area (Å²) in [4.78, 5) is 24.1. The van der Waals surface area contributed by atoms with Crippen molar-refractivity contribution in [1.29, 1.82) is 0 Å². The molecule has 0 aliphatic heterocycles. The molecule has 2 aromatic carbocycles. The van der Waals surface area contributed by atoms with E-state index < -0.39 is 5.60 Å². The highest BCUT2D eigenvalue weighted by Crippen LogP contribution is 2.30. The molecular formula is C27H30Cl2N6O3S. The molecule has 0 saturated heterocycles. The van der Waals surface area contributed by atoms with Crippen LogP contribution >= 0.6 is 35.0 Å². The Bertz CT molecular complexity index is 1420. The standard InChI is InChI=1S/C27H30Cl2N6O3S/c1-26(2,3)18-8-10-22(20(29)14-18)35-25(32-33-34-35)39-16-24(37)31-21-9-7-17(13-19(21)28)11-12-27(4,5)38-15-23(36)30-6/h7-10,13-14H,15-16H2,1-6H3,(H,30,36)(H,31,37). The molecule has 3 rings (SSSR count). The highest BCUT2D eigenvalue weighted by atomic mass is 35.5. The van der Waals surface area contributed by atoms with Crippen molar-refractivity contribution >= 4 is 52.5 Å². The summed E-state index contributed by atoms with van der Waals surface area (Å²) >= 11 is 14.1. The molecule has 39 heavy (non-hydrogen) atoms. The number of anilines is 1. The maximum Gasteiger partial charge on any atom is 0.245 e. The van der Waals surface area contributed by atoms with Gasteiger partial charge < -0.3 is 15.4 Å². The average Bonchev–Trinajstić information content (AvgIpc) is 3.34. The van der Waals surface area contributed by atoms with Crippen LogP contribution in [0.2, 0.25) is 10.0 Å². The number of hydrogen-bond acceptors (Lipinski definition) is 7. The van der Waals surface area contributed by atoms with Crippen molar-refractivity contribution in [2.45, 2.75) is 50.8 Å². The Balaban J connectivity index is 1.62. The van der Waals surface area contributed by atoms with Gasteiger partial charge in [-0.1, -0.05) is 73.6 Å². The number of benzene rings is 2. The van der Waals surface area contributed by atoms with Crippen LogP contribution in [0.15, 0.2) is 41.6 Å². The average molecular weight is 590 g/mol. The van der Waals surface area contributed by atoms with Crippen molar-refractivity contribution in [3.8, 4) is 17.5 Å². The van der Waals surface area contributed by atoms with Crippen LogP contribution in [0.1, 0.15) is 45.7 Å². The molecule has 2 N–H and O–H groups in total. The largest absolute Gasteiger partial charge is 0.357 e. The maximum atomic E-state index is 12.7. The molecule has 1 heterocycles. The zero-order valence-electron chi connectivity index (χ0n) is 22.6. The van der Waals surface area contributed by atoms with Crippen molar-refractivity contribution < 1.29 is 14.3 Å². The van der Waals surface area contributed by atoms with Gasteiger partial charge in [-0.2, -0.15) is 4.68 Å². The Kier molecular flexibility index (Phi) is 10.0. The van der Waals surface area contributed by atoms with Crippen LogP contribution in [0.4, 0.5) is 5.69 Å². The van der Waals surface area contributed by atoms with Crippen molar-refractivity contribution in [3.63, 3.8) is 0 Å². The minimum atomic E-state index is -0.836. The summed E-state index contributed by atoms with van der Waals surface area (Å²) in [6, 6.07) is 10.8. The Hall–Kier alpha value is -3.10. The second-order valence-corrected chi connectivity index (χ2v) is 11.8. The quantitative estimate of drug-likeness (QED) is 0.284.